The van der Waals surface area contributed by atoms with E-state index >= 15 is 0 Å². The van der Waals surface area contributed by atoms with Crippen LogP contribution in [0.5, 0.6) is 11.5 Å². The van der Waals surface area contributed by atoms with Crippen molar-refractivity contribution in [2.45, 2.75) is 25.7 Å². The second kappa shape index (κ2) is 5.27. The molecule has 1 saturated heterocycles. The number of carbonyl (C=O) groups excluding carboxylic acids is 1. The Hall–Kier alpha value is -1.75. The van der Waals surface area contributed by atoms with Gasteiger partial charge in [-0.1, -0.05) is 0 Å². The summed E-state index contributed by atoms with van der Waals surface area (Å²) in [6.45, 7) is 2.29. The fourth-order valence-electron chi connectivity index (χ4n) is 1.74. The van der Waals surface area contributed by atoms with Crippen LogP contribution in [0, 0.1) is 0 Å². The van der Waals surface area contributed by atoms with E-state index in [9.17, 15) is 4.79 Å². The Morgan fingerprint density at radius 3 is 2.67 bits per heavy atom. The van der Waals surface area contributed by atoms with Crippen LogP contribution >= 0.6 is 0 Å². The van der Waals surface area contributed by atoms with Gasteiger partial charge in [0.1, 0.15) is 11.5 Å². The fraction of sp³-hybridized carbons (Fsp3) is 0.462. The first-order chi connectivity index (χ1) is 8.65. The van der Waals surface area contributed by atoms with Crippen molar-refractivity contribution in [1.29, 1.82) is 0 Å². The van der Waals surface area contributed by atoms with Gasteiger partial charge in [0.05, 0.1) is 20.3 Å². The van der Waals surface area contributed by atoms with Crippen LogP contribution in [0.1, 0.15) is 12.5 Å². The molecular weight excluding hydrogens is 234 g/mol. The molecule has 1 aliphatic rings. The first-order valence-electron chi connectivity index (χ1n) is 5.79. The number of epoxide rings is 1. The van der Waals surface area contributed by atoms with Gasteiger partial charge >= 0.3 is 0 Å². The molecule has 2 atom stereocenters. The van der Waals surface area contributed by atoms with Gasteiger partial charge in [-0.25, -0.2) is 0 Å². The van der Waals surface area contributed by atoms with Crippen molar-refractivity contribution < 1.29 is 19.0 Å². The predicted molar refractivity (Wildman–Crippen MR) is 65.7 cm³/mol. The molecule has 1 aliphatic heterocycles. The Morgan fingerprint density at radius 2 is 2.11 bits per heavy atom. The van der Waals surface area contributed by atoms with Crippen LogP contribution < -0.4 is 14.8 Å². The second-order valence-electron chi connectivity index (χ2n) is 4.16. The highest BCUT2D eigenvalue weighted by Gasteiger charge is 2.40. The van der Waals surface area contributed by atoms with Gasteiger partial charge in [-0.15, -0.1) is 0 Å². The van der Waals surface area contributed by atoms with Gasteiger partial charge in [0.2, 0.25) is 0 Å². The number of hydrogen-bond donors (Lipinski definition) is 1. The molecule has 1 amide bonds. The Bertz CT molecular complexity index is 447. The molecule has 0 spiro atoms. The lowest BCUT2D eigenvalue weighted by molar-refractivity contribution is -0.122. The van der Waals surface area contributed by atoms with Gasteiger partial charge in [0.25, 0.3) is 5.91 Å². The molecule has 0 aromatic heterocycles. The van der Waals surface area contributed by atoms with Crippen molar-refractivity contribution in [2.24, 2.45) is 0 Å². The molecule has 0 aliphatic carbocycles. The molecule has 5 nitrogen and oxygen atoms in total. The normalized spacial score (nSPS) is 21.3. The predicted octanol–water partition coefficient (Wildman–Crippen LogP) is 1.11. The number of nitrogens with one attached hydrogen (secondary N) is 1. The van der Waals surface area contributed by atoms with Crippen LogP contribution in [0.25, 0.3) is 0 Å². The van der Waals surface area contributed by atoms with E-state index in [-0.39, 0.29) is 18.1 Å². The van der Waals surface area contributed by atoms with Gasteiger partial charge in [-0.2, -0.15) is 0 Å². The van der Waals surface area contributed by atoms with E-state index in [1.54, 1.807) is 20.3 Å². The molecule has 1 aromatic carbocycles. The van der Waals surface area contributed by atoms with Gasteiger partial charge in [0.15, 0.2) is 6.10 Å². The average Bonchev–Trinajstić information content (AvgIpc) is 3.13. The second-order valence-corrected chi connectivity index (χ2v) is 4.16. The van der Waals surface area contributed by atoms with E-state index in [0.29, 0.717) is 12.3 Å². The van der Waals surface area contributed by atoms with Crippen LogP contribution in [0.2, 0.25) is 0 Å². The topological polar surface area (TPSA) is 60.1 Å². The SMILES string of the molecule is COc1ccc(CNC(=O)[C@@H]2O[C@@H]2C)c(OC)c1. The molecule has 1 N–H and O–H groups in total. The number of ether oxygens (including phenoxy) is 3. The van der Waals surface area contributed by atoms with Gasteiger partial charge in [0, 0.05) is 18.2 Å². The molecule has 0 radical (unpaired) electrons. The molecule has 1 heterocycles. The maximum Gasteiger partial charge on any atom is 0.252 e. The summed E-state index contributed by atoms with van der Waals surface area (Å²) in [5.74, 6) is 1.33. The third-order valence-corrected chi connectivity index (χ3v) is 2.92. The summed E-state index contributed by atoms with van der Waals surface area (Å²) in [7, 11) is 3.19. The van der Waals surface area contributed by atoms with Crippen molar-refractivity contribution in [3.63, 3.8) is 0 Å². The molecule has 18 heavy (non-hydrogen) atoms. The zero-order chi connectivity index (χ0) is 13.1. The number of amides is 1. The van der Waals surface area contributed by atoms with Crippen molar-refractivity contribution in [2.75, 3.05) is 14.2 Å². The zero-order valence-electron chi connectivity index (χ0n) is 10.7. The molecule has 0 unspecified atom stereocenters. The maximum atomic E-state index is 11.6. The number of hydrogen-bond acceptors (Lipinski definition) is 4. The van der Waals surface area contributed by atoms with E-state index in [0.717, 1.165) is 11.3 Å². The summed E-state index contributed by atoms with van der Waals surface area (Å²) in [6.07, 6.45) is -0.267. The van der Waals surface area contributed by atoms with Gasteiger partial charge < -0.3 is 19.5 Å². The van der Waals surface area contributed by atoms with Crippen molar-refractivity contribution in [1.82, 2.24) is 5.32 Å². The lowest BCUT2D eigenvalue weighted by atomic mass is 10.2. The minimum Gasteiger partial charge on any atom is -0.497 e. The largest absolute Gasteiger partial charge is 0.497 e. The molecule has 1 fully saturated rings. The van der Waals surface area contributed by atoms with Crippen molar-refractivity contribution in [3.8, 4) is 11.5 Å². The Balaban J connectivity index is 1.98. The highest BCUT2D eigenvalue weighted by molar-refractivity contribution is 5.83. The van der Waals surface area contributed by atoms with Gasteiger partial charge in [-0.05, 0) is 19.1 Å². The molecular formula is C13H17NO4. The van der Waals surface area contributed by atoms with E-state index in [1.807, 2.05) is 19.1 Å². The summed E-state index contributed by atoms with van der Waals surface area (Å²) in [5.41, 5.74) is 0.903. The summed E-state index contributed by atoms with van der Waals surface area (Å²) in [6, 6.07) is 5.49. The van der Waals surface area contributed by atoms with E-state index in [4.69, 9.17) is 14.2 Å². The summed E-state index contributed by atoms with van der Waals surface area (Å²) < 4.78 is 15.5. The Labute approximate surface area is 106 Å². The number of methoxy groups -OCH3 is 2. The molecule has 0 saturated carbocycles. The number of benzene rings is 1. The Morgan fingerprint density at radius 1 is 1.39 bits per heavy atom. The monoisotopic (exact) mass is 251 g/mol. The van der Waals surface area contributed by atoms with Crippen molar-refractivity contribution >= 4 is 5.91 Å². The third-order valence-electron chi connectivity index (χ3n) is 2.92. The number of carbonyl (C=O) groups is 1. The molecule has 5 heteroatoms. The summed E-state index contributed by atoms with van der Waals surface area (Å²) >= 11 is 0. The van der Waals surface area contributed by atoms with E-state index in [2.05, 4.69) is 5.32 Å². The zero-order valence-corrected chi connectivity index (χ0v) is 10.7. The standard InChI is InChI=1S/C13H17NO4/c1-8-12(18-8)13(15)14-7-9-4-5-10(16-2)6-11(9)17-3/h4-6,8,12H,7H2,1-3H3,(H,14,15)/t8-,12-/m1/s1. The van der Waals surface area contributed by atoms with Crippen LogP contribution in [-0.2, 0) is 16.1 Å². The average molecular weight is 251 g/mol. The molecule has 0 bridgehead atoms. The maximum absolute atomic E-state index is 11.6. The summed E-state index contributed by atoms with van der Waals surface area (Å²) in [5, 5.41) is 2.82. The number of rotatable bonds is 5. The lowest BCUT2D eigenvalue weighted by Crippen LogP contribution is -2.28. The van der Waals surface area contributed by atoms with Gasteiger partial charge in [-0.3, -0.25) is 4.79 Å². The molecule has 1 aromatic rings. The van der Waals surface area contributed by atoms with Crippen molar-refractivity contribution in [3.05, 3.63) is 23.8 Å². The van der Waals surface area contributed by atoms with Crippen LogP contribution in [-0.4, -0.2) is 32.3 Å². The fourth-order valence-corrected chi connectivity index (χ4v) is 1.74. The highest BCUT2D eigenvalue weighted by Crippen LogP contribution is 2.25. The highest BCUT2D eigenvalue weighted by atomic mass is 16.6. The van der Waals surface area contributed by atoms with E-state index in [1.165, 1.54) is 0 Å². The Kier molecular flexibility index (Phi) is 3.72. The van der Waals surface area contributed by atoms with Crippen LogP contribution in [0.3, 0.4) is 0 Å². The first-order valence-corrected chi connectivity index (χ1v) is 5.79. The molecule has 2 rings (SSSR count). The first kappa shape index (κ1) is 12.7. The molecule has 98 valence electrons. The minimum atomic E-state index is -0.297. The third kappa shape index (κ3) is 2.73. The summed E-state index contributed by atoms with van der Waals surface area (Å²) in [4.78, 5) is 11.6. The van der Waals surface area contributed by atoms with Crippen LogP contribution in [0.15, 0.2) is 18.2 Å². The van der Waals surface area contributed by atoms with Crippen LogP contribution in [0.4, 0.5) is 0 Å². The minimum absolute atomic E-state index is 0.0303. The van der Waals surface area contributed by atoms with E-state index < -0.39 is 0 Å². The quantitative estimate of drug-likeness (QED) is 0.796. The lowest BCUT2D eigenvalue weighted by Gasteiger charge is -2.10. The smallest absolute Gasteiger partial charge is 0.252 e.